The lowest BCUT2D eigenvalue weighted by molar-refractivity contribution is 0.0764. The number of methoxy groups -OCH3 is 1. The van der Waals surface area contributed by atoms with Gasteiger partial charge in [-0.1, -0.05) is 30.3 Å². The Kier molecular flexibility index (Phi) is 5.82. The molecule has 1 saturated heterocycles. The van der Waals surface area contributed by atoms with Gasteiger partial charge >= 0.3 is 0 Å². The molecule has 2 aliphatic heterocycles. The highest BCUT2D eigenvalue weighted by atomic mass is 32.2. The third-order valence-electron chi connectivity index (χ3n) is 5.60. The van der Waals surface area contributed by atoms with E-state index in [1.807, 2.05) is 28.0 Å². The third kappa shape index (κ3) is 4.20. The van der Waals surface area contributed by atoms with Crippen LogP contribution in [0.2, 0.25) is 0 Å². The summed E-state index contributed by atoms with van der Waals surface area (Å²) < 4.78 is 34.8. The molecule has 31 heavy (non-hydrogen) atoms. The van der Waals surface area contributed by atoms with Crippen LogP contribution in [0.3, 0.4) is 0 Å². The van der Waals surface area contributed by atoms with Gasteiger partial charge in [-0.25, -0.2) is 0 Å². The first kappa shape index (κ1) is 21.1. The second-order valence-corrected chi connectivity index (χ2v) is 9.11. The number of hydrogen-bond donors (Lipinski definition) is 0. The second-order valence-electron chi connectivity index (χ2n) is 7.57. The third-order valence-corrected chi connectivity index (χ3v) is 7.07. The number of ether oxygens (including phenoxy) is 1. The Morgan fingerprint density at radius 1 is 0.968 bits per heavy atom. The zero-order valence-electron chi connectivity index (χ0n) is 17.6. The largest absolute Gasteiger partial charge is 0.497 e. The number of carbonyl (C=O) groups is 1. The van der Waals surface area contributed by atoms with Crippen LogP contribution in [0.15, 0.2) is 64.6 Å². The fraction of sp³-hybridized carbons (Fsp3) is 0.304. The highest BCUT2D eigenvalue weighted by molar-refractivity contribution is 8.00. The molecule has 0 radical (unpaired) electrons. The Labute approximate surface area is 182 Å². The van der Waals surface area contributed by atoms with Crippen LogP contribution in [0.25, 0.3) is 4.91 Å². The van der Waals surface area contributed by atoms with Crippen LogP contribution in [0.1, 0.15) is 29.3 Å². The van der Waals surface area contributed by atoms with Crippen molar-refractivity contribution in [3.05, 3.63) is 71.3 Å². The Hall–Kier alpha value is -3.13. The molecule has 0 spiro atoms. The number of sulfonamides is 1. The van der Waals surface area contributed by atoms with Crippen LogP contribution in [-0.2, 0) is 10.0 Å². The molecule has 1 fully saturated rings. The van der Waals surface area contributed by atoms with E-state index < -0.39 is 10.0 Å². The first-order chi connectivity index (χ1) is 14.9. The van der Waals surface area contributed by atoms with Gasteiger partial charge in [0.25, 0.3) is 15.9 Å². The zero-order valence-corrected chi connectivity index (χ0v) is 18.4. The SMILES string of the molecule is COc1ccc(C(=O)N2CCCN(C3=NS(=O)(=O)C(c4ccccc4)=C3C)CC2)cc1. The fourth-order valence-electron chi connectivity index (χ4n) is 4.02. The van der Waals surface area contributed by atoms with Gasteiger partial charge in [0.15, 0.2) is 0 Å². The van der Waals surface area contributed by atoms with Gasteiger partial charge in [0.1, 0.15) is 16.5 Å². The summed E-state index contributed by atoms with van der Waals surface area (Å²) in [5.41, 5.74) is 1.91. The van der Waals surface area contributed by atoms with Gasteiger partial charge in [-0.15, -0.1) is 4.40 Å². The number of hydrogen-bond acceptors (Lipinski definition) is 5. The summed E-state index contributed by atoms with van der Waals surface area (Å²) in [7, 11) is -2.16. The second kappa shape index (κ2) is 8.55. The smallest absolute Gasteiger partial charge is 0.285 e. The fourth-order valence-corrected chi connectivity index (χ4v) is 5.50. The molecule has 1 amide bonds. The number of amidine groups is 1. The molecular weight excluding hydrogens is 414 g/mol. The maximum Gasteiger partial charge on any atom is 0.285 e. The van der Waals surface area contributed by atoms with Gasteiger partial charge in [0, 0.05) is 37.3 Å². The lowest BCUT2D eigenvalue weighted by Crippen LogP contribution is -2.37. The normalized spacial score (nSPS) is 18.6. The molecule has 0 atom stereocenters. The van der Waals surface area contributed by atoms with Gasteiger partial charge in [-0.3, -0.25) is 4.79 Å². The van der Waals surface area contributed by atoms with Crippen molar-refractivity contribution in [3.8, 4) is 5.75 Å². The molecule has 0 unspecified atom stereocenters. The van der Waals surface area contributed by atoms with Crippen LogP contribution >= 0.6 is 0 Å². The molecule has 0 aromatic heterocycles. The molecule has 0 N–H and O–H groups in total. The van der Waals surface area contributed by atoms with E-state index in [0.29, 0.717) is 54.5 Å². The Balaban J connectivity index is 1.52. The molecule has 4 rings (SSSR count). The van der Waals surface area contributed by atoms with Gasteiger partial charge in [0.05, 0.1) is 7.11 Å². The first-order valence-electron chi connectivity index (χ1n) is 10.2. The van der Waals surface area contributed by atoms with Gasteiger partial charge in [-0.2, -0.15) is 8.42 Å². The molecular formula is C23H25N3O4S. The summed E-state index contributed by atoms with van der Waals surface area (Å²) in [6.07, 6.45) is 0.731. The maximum atomic E-state index is 12.9. The van der Waals surface area contributed by atoms with Crippen LogP contribution in [0, 0.1) is 0 Å². The zero-order chi connectivity index (χ0) is 22.0. The van der Waals surface area contributed by atoms with E-state index in [2.05, 4.69) is 4.40 Å². The lowest BCUT2D eigenvalue weighted by atomic mass is 10.1. The van der Waals surface area contributed by atoms with E-state index >= 15 is 0 Å². The lowest BCUT2D eigenvalue weighted by Gasteiger charge is -2.24. The molecule has 0 aliphatic carbocycles. The predicted octanol–water partition coefficient (Wildman–Crippen LogP) is 3.02. The molecule has 0 saturated carbocycles. The molecule has 8 heteroatoms. The summed E-state index contributed by atoms with van der Waals surface area (Å²) >= 11 is 0. The number of rotatable bonds is 3. The average Bonchev–Trinajstić information content (AvgIpc) is 2.93. The van der Waals surface area contributed by atoms with Crippen LogP contribution in [-0.4, -0.2) is 63.2 Å². The molecule has 2 aromatic carbocycles. The van der Waals surface area contributed by atoms with E-state index in [4.69, 9.17) is 4.74 Å². The molecule has 0 bridgehead atoms. The Bertz CT molecular complexity index is 1140. The molecule has 7 nitrogen and oxygen atoms in total. The van der Waals surface area contributed by atoms with E-state index in [9.17, 15) is 13.2 Å². The quantitative estimate of drug-likeness (QED) is 0.735. The van der Waals surface area contributed by atoms with Gasteiger partial charge in [0.2, 0.25) is 0 Å². The van der Waals surface area contributed by atoms with E-state index in [-0.39, 0.29) is 10.8 Å². The van der Waals surface area contributed by atoms with Crippen molar-refractivity contribution in [1.29, 1.82) is 0 Å². The number of amides is 1. The summed E-state index contributed by atoms with van der Waals surface area (Å²) in [5.74, 6) is 1.15. The van der Waals surface area contributed by atoms with Crippen LogP contribution in [0.5, 0.6) is 5.75 Å². The minimum atomic E-state index is -3.75. The minimum absolute atomic E-state index is 0.0391. The Morgan fingerprint density at radius 2 is 1.68 bits per heavy atom. The molecule has 2 heterocycles. The Morgan fingerprint density at radius 3 is 2.35 bits per heavy atom. The van der Waals surface area contributed by atoms with Gasteiger partial charge in [-0.05, 0) is 43.2 Å². The standard InChI is InChI=1S/C23H25N3O4S/c1-17-21(18-7-4-3-5-8-18)31(28,29)24-22(17)25-13-6-14-26(16-15-25)23(27)19-9-11-20(30-2)12-10-19/h3-5,7-12H,6,13-16H2,1-2H3. The summed E-state index contributed by atoms with van der Waals surface area (Å²) in [4.78, 5) is 17.0. The molecule has 162 valence electrons. The van der Waals surface area contributed by atoms with Crippen molar-refractivity contribution in [2.24, 2.45) is 4.40 Å². The van der Waals surface area contributed by atoms with Crippen molar-refractivity contribution in [2.45, 2.75) is 13.3 Å². The average molecular weight is 440 g/mol. The van der Waals surface area contributed by atoms with Crippen molar-refractivity contribution >= 4 is 26.7 Å². The topological polar surface area (TPSA) is 79.3 Å². The van der Waals surface area contributed by atoms with E-state index in [1.165, 1.54) is 0 Å². The summed E-state index contributed by atoms with van der Waals surface area (Å²) in [6.45, 7) is 4.07. The van der Waals surface area contributed by atoms with E-state index in [1.54, 1.807) is 50.4 Å². The number of nitrogens with zero attached hydrogens (tertiary/aromatic N) is 3. The summed E-state index contributed by atoms with van der Waals surface area (Å²) in [6, 6.07) is 16.1. The van der Waals surface area contributed by atoms with Crippen molar-refractivity contribution in [2.75, 3.05) is 33.3 Å². The van der Waals surface area contributed by atoms with Crippen LogP contribution in [0.4, 0.5) is 0 Å². The van der Waals surface area contributed by atoms with Crippen LogP contribution < -0.4 is 4.74 Å². The monoisotopic (exact) mass is 439 g/mol. The van der Waals surface area contributed by atoms with Crippen molar-refractivity contribution < 1.29 is 17.9 Å². The van der Waals surface area contributed by atoms with E-state index in [0.717, 1.165) is 6.42 Å². The maximum absolute atomic E-state index is 12.9. The summed E-state index contributed by atoms with van der Waals surface area (Å²) in [5, 5.41) is 0. The van der Waals surface area contributed by atoms with Crippen molar-refractivity contribution in [3.63, 3.8) is 0 Å². The van der Waals surface area contributed by atoms with Gasteiger partial charge < -0.3 is 14.5 Å². The predicted molar refractivity (Wildman–Crippen MR) is 120 cm³/mol. The molecule has 2 aliphatic rings. The number of benzene rings is 2. The molecule has 2 aromatic rings. The first-order valence-corrected chi connectivity index (χ1v) is 11.6. The van der Waals surface area contributed by atoms with Crippen molar-refractivity contribution in [1.82, 2.24) is 9.80 Å². The highest BCUT2D eigenvalue weighted by Crippen LogP contribution is 2.33. The minimum Gasteiger partial charge on any atom is -0.497 e. The number of carbonyl (C=O) groups excluding carboxylic acids is 1. The highest BCUT2D eigenvalue weighted by Gasteiger charge is 2.34.